The van der Waals surface area contributed by atoms with E-state index in [0.29, 0.717) is 6.54 Å². The summed E-state index contributed by atoms with van der Waals surface area (Å²) in [6, 6.07) is 15.1. The Hall–Kier alpha value is -2.04. The van der Waals surface area contributed by atoms with E-state index in [1.807, 2.05) is 18.2 Å². The van der Waals surface area contributed by atoms with Crippen LogP contribution < -0.4 is 10.6 Å². The number of benzene rings is 2. The van der Waals surface area contributed by atoms with Crippen LogP contribution in [0.4, 0.5) is 0 Å². The van der Waals surface area contributed by atoms with Crippen molar-refractivity contribution in [2.45, 2.75) is 19.3 Å². The van der Waals surface area contributed by atoms with Gasteiger partial charge in [-0.3, -0.25) is 15.5 Å². The Bertz CT molecular complexity index is 684. The second-order valence-electron chi connectivity index (χ2n) is 5.30. The molecule has 2 aromatic rings. The molecule has 0 aliphatic rings. The van der Waals surface area contributed by atoms with E-state index in [2.05, 4.69) is 22.8 Å². The summed E-state index contributed by atoms with van der Waals surface area (Å²) in [5.41, 5.74) is 1.48. The van der Waals surface area contributed by atoms with Gasteiger partial charge in [0.1, 0.15) is 0 Å². The van der Waals surface area contributed by atoms with Crippen LogP contribution in [0.3, 0.4) is 0 Å². The van der Waals surface area contributed by atoms with Crippen LogP contribution in [0.15, 0.2) is 48.5 Å². The highest BCUT2D eigenvalue weighted by Gasteiger charge is 2.15. The summed E-state index contributed by atoms with van der Waals surface area (Å²) in [6.07, 6.45) is 2.91. The lowest BCUT2D eigenvalue weighted by Crippen LogP contribution is -2.40. The molecule has 0 atom stereocenters. The summed E-state index contributed by atoms with van der Waals surface area (Å²) in [5, 5.41) is 13.6. The van der Waals surface area contributed by atoms with E-state index in [4.69, 9.17) is 28.6 Å². The fourth-order valence-electron chi connectivity index (χ4n) is 2.25. The fraction of sp³-hybridized carbons (Fsp3) is 0.222. The van der Waals surface area contributed by atoms with Crippen LogP contribution in [0.25, 0.3) is 0 Å². The number of guanidine groups is 1. The van der Waals surface area contributed by atoms with Crippen molar-refractivity contribution >= 4 is 35.1 Å². The molecule has 0 aliphatic heterocycles. The molecule has 2 rings (SSSR count). The van der Waals surface area contributed by atoms with E-state index < -0.39 is 5.91 Å². The van der Waals surface area contributed by atoms with Crippen LogP contribution in [0.5, 0.6) is 0 Å². The van der Waals surface area contributed by atoms with Crippen molar-refractivity contribution in [2.24, 2.45) is 0 Å². The van der Waals surface area contributed by atoms with Crippen molar-refractivity contribution in [1.29, 1.82) is 5.41 Å². The molecule has 0 heterocycles. The van der Waals surface area contributed by atoms with Crippen LogP contribution in [-0.4, -0.2) is 18.4 Å². The highest BCUT2D eigenvalue weighted by Crippen LogP contribution is 2.23. The minimum absolute atomic E-state index is 0.0595. The zero-order chi connectivity index (χ0) is 17.4. The standard InChI is InChI=1S/C18H19Cl2N3O/c19-14-10-6-11-15(20)16(14)17(24)23-18(21)22-12-5-4-9-13-7-2-1-3-8-13/h1-3,6-8,10-11H,4-5,9,12H2,(H3,21,22,23,24). The SMILES string of the molecule is N=C(NCCCCc1ccccc1)NC(=O)c1c(Cl)cccc1Cl. The van der Waals surface area contributed by atoms with Gasteiger partial charge in [0.2, 0.25) is 0 Å². The molecule has 3 N–H and O–H groups in total. The quantitative estimate of drug-likeness (QED) is 0.407. The van der Waals surface area contributed by atoms with E-state index in [9.17, 15) is 4.79 Å². The van der Waals surface area contributed by atoms with Crippen molar-refractivity contribution in [1.82, 2.24) is 10.6 Å². The van der Waals surface area contributed by atoms with E-state index in [1.54, 1.807) is 18.2 Å². The van der Waals surface area contributed by atoms with E-state index in [-0.39, 0.29) is 21.6 Å². The predicted molar refractivity (Wildman–Crippen MR) is 99.0 cm³/mol. The molecule has 0 bridgehead atoms. The Balaban J connectivity index is 1.70. The number of unbranched alkanes of at least 4 members (excludes halogenated alkanes) is 1. The molecule has 4 nitrogen and oxygen atoms in total. The first-order valence-corrected chi connectivity index (χ1v) is 8.45. The first-order chi connectivity index (χ1) is 11.6. The predicted octanol–water partition coefficient (Wildman–Crippen LogP) is 4.27. The normalized spacial score (nSPS) is 10.2. The van der Waals surface area contributed by atoms with Gasteiger partial charge in [0.15, 0.2) is 5.96 Å². The third-order valence-corrected chi connectivity index (χ3v) is 4.10. The van der Waals surface area contributed by atoms with Gasteiger partial charge in [0, 0.05) is 6.54 Å². The Morgan fingerprint density at radius 1 is 0.958 bits per heavy atom. The average molecular weight is 364 g/mol. The number of halogens is 2. The number of hydrogen-bond donors (Lipinski definition) is 3. The lowest BCUT2D eigenvalue weighted by molar-refractivity contribution is 0.0976. The molecule has 24 heavy (non-hydrogen) atoms. The van der Waals surface area contributed by atoms with Crippen molar-refractivity contribution < 1.29 is 4.79 Å². The molecule has 0 saturated carbocycles. The van der Waals surface area contributed by atoms with E-state index in [0.717, 1.165) is 19.3 Å². The summed E-state index contributed by atoms with van der Waals surface area (Å²) in [7, 11) is 0. The third-order valence-electron chi connectivity index (χ3n) is 3.47. The Morgan fingerprint density at radius 2 is 1.62 bits per heavy atom. The van der Waals surface area contributed by atoms with E-state index >= 15 is 0 Å². The Labute approximate surface area is 151 Å². The van der Waals surface area contributed by atoms with Crippen molar-refractivity contribution in [3.8, 4) is 0 Å². The largest absolute Gasteiger partial charge is 0.356 e. The first-order valence-electron chi connectivity index (χ1n) is 7.69. The molecule has 0 fully saturated rings. The Morgan fingerprint density at radius 3 is 2.29 bits per heavy atom. The average Bonchev–Trinajstić information content (AvgIpc) is 2.55. The molecule has 1 amide bonds. The van der Waals surface area contributed by atoms with Crippen LogP contribution in [0, 0.1) is 5.41 Å². The molecule has 6 heteroatoms. The molecular formula is C18H19Cl2N3O. The van der Waals surface area contributed by atoms with Gasteiger partial charge in [-0.25, -0.2) is 0 Å². The van der Waals surface area contributed by atoms with Gasteiger partial charge in [-0.1, -0.05) is 59.6 Å². The molecule has 0 aromatic heterocycles. The summed E-state index contributed by atoms with van der Waals surface area (Å²) >= 11 is 12.0. The molecule has 0 spiro atoms. The summed E-state index contributed by atoms with van der Waals surface area (Å²) in [6.45, 7) is 0.613. The maximum atomic E-state index is 12.1. The fourth-order valence-corrected chi connectivity index (χ4v) is 2.82. The topological polar surface area (TPSA) is 65.0 Å². The number of nitrogens with one attached hydrogen (secondary N) is 3. The number of hydrogen-bond acceptors (Lipinski definition) is 2. The molecule has 2 aromatic carbocycles. The lowest BCUT2D eigenvalue weighted by atomic mass is 10.1. The number of carbonyl (C=O) groups excluding carboxylic acids is 1. The number of aryl methyl sites for hydroxylation is 1. The number of rotatable bonds is 6. The van der Waals surface area contributed by atoms with Gasteiger partial charge in [0.25, 0.3) is 5.91 Å². The monoisotopic (exact) mass is 363 g/mol. The van der Waals surface area contributed by atoms with Gasteiger partial charge in [0.05, 0.1) is 15.6 Å². The zero-order valence-corrected chi connectivity index (χ0v) is 14.6. The van der Waals surface area contributed by atoms with Gasteiger partial charge in [-0.2, -0.15) is 0 Å². The van der Waals surface area contributed by atoms with Gasteiger partial charge in [-0.05, 0) is 37.0 Å². The van der Waals surface area contributed by atoms with Crippen LogP contribution in [0.2, 0.25) is 10.0 Å². The Kier molecular flexibility index (Phi) is 7.09. The summed E-state index contributed by atoms with van der Waals surface area (Å²) in [5.74, 6) is -0.553. The smallest absolute Gasteiger partial charge is 0.260 e. The number of carbonyl (C=O) groups is 1. The molecular weight excluding hydrogens is 345 g/mol. The molecule has 0 unspecified atom stereocenters. The second-order valence-corrected chi connectivity index (χ2v) is 6.11. The maximum Gasteiger partial charge on any atom is 0.260 e. The van der Waals surface area contributed by atoms with Crippen molar-refractivity contribution in [3.63, 3.8) is 0 Å². The summed E-state index contributed by atoms with van der Waals surface area (Å²) < 4.78 is 0. The van der Waals surface area contributed by atoms with Gasteiger partial charge < -0.3 is 5.32 Å². The third kappa shape index (κ3) is 5.55. The highest BCUT2D eigenvalue weighted by molar-refractivity contribution is 6.40. The number of amides is 1. The maximum absolute atomic E-state index is 12.1. The lowest BCUT2D eigenvalue weighted by Gasteiger charge is -2.11. The highest BCUT2D eigenvalue weighted by atomic mass is 35.5. The molecule has 0 radical (unpaired) electrons. The van der Waals surface area contributed by atoms with Crippen molar-refractivity contribution in [3.05, 3.63) is 69.7 Å². The second kappa shape index (κ2) is 9.30. The van der Waals surface area contributed by atoms with E-state index in [1.165, 1.54) is 5.56 Å². The molecule has 0 saturated heterocycles. The minimum atomic E-state index is -0.493. The van der Waals surface area contributed by atoms with Crippen LogP contribution >= 0.6 is 23.2 Å². The van der Waals surface area contributed by atoms with Gasteiger partial charge >= 0.3 is 0 Å². The van der Waals surface area contributed by atoms with Gasteiger partial charge in [-0.15, -0.1) is 0 Å². The zero-order valence-electron chi connectivity index (χ0n) is 13.1. The van der Waals surface area contributed by atoms with Crippen LogP contribution in [-0.2, 0) is 6.42 Å². The summed E-state index contributed by atoms with van der Waals surface area (Å²) in [4.78, 5) is 12.1. The van der Waals surface area contributed by atoms with Crippen LogP contribution in [0.1, 0.15) is 28.8 Å². The first kappa shape index (κ1) is 18.3. The van der Waals surface area contributed by atoms with Crippen molar-refractivity contribution in [2.75, 3.05) is 6.54 Å². The minimum Gasteiger partial charge on any atom is -0.356 e. The molecule has 0 aliphatic carbocycles. The molecule has 126 valence electrons.